The average Bonchev–Trinajstić information content (AvgIpc) is 2.87. The molecule has 0 radical (unpaired) electrons. The predicted molar refractivity (Wildman–Crippen MR) is 147 cm³/mol. The average molecular weight is 574 g/mol. The third-order valence-electron chi connectivity index (χ3n) is 5.29. The van der Waals surface area contributed by atoms with E-state index in [2.05, 4.69) is 46.1 Å². The van der Waals surface area contributed by atoms with Crippen LogP contribution in [0.4, 0.5) is 5.69 Å². The van der Waals surface area contributed by atoms with Crippen molar-refractivity contribution in [2.75, 3.05) is 11.9 Å². The number of amides is 1. The highest BCUT2D eigenvalue weighted by Gasteiger charge is 2.12. The first kappa shape index (κ1) is 24.3. The fourth-order valence-corrected chi connectivity index (χ4v) is 4.20. The van der Waals surface area contributed by atoms with Gasteiger partial charge in [0.05, 0.1) is 6.61 Å². The number of ether oxygens (including phenoxy) is 2. The van der Waals surface area contributed by atoms with Crippen LogP contribution in [0.3, 0.4) is 0 Å². The Morgan fingerprint density at radius 2 is 1.77 bits per heavy atom. The molecule has 0 aliphatic rings. The fourth-order valence-electron chi connectivity index (χ4n) is 3.66. The van der Waals surface area contributed by atoms with Crippen molar-refractivity contribution in [2.45, 2.75) is 13.5 Å². The molecule has 0 unspecified atom stereocenters. The van der Waals surface area contributed by atoms with Crippen molar-refractivity contribution < 1.29 is 14.3 Å². The van der Waals surface area contributed by atoms with E-state index in [1.165, 1.54) is 0 Å². The number of benzene rings is 4. The quantitative estimate of drug-likeness (QED) is 0.140. The molecule has 0 bridgehead atoms. The summed E-state index contributed by atoms with van der Waals surface area (Å²) < 4.78 is 12.9. The van der Waals surface area contributed by atoms with Crippen LogP contribution in [0.1, 0.15) is 18.1 Å². The number of fused-ring (bicyclic) bond motifs is 1. The Kier molecular flexibility index (Phi) is 8.01. The molecule has 1 N–H and O–H groups in total. The molecule has 0 saturated carbocycles. The van der Waals surface area contributed by atoms with Crippen molar-refractivity contribution in [1.82, 2.24) is 0 Å². The van der Waals surface area contributed by atoms with Crippen LogP contribution in [0.5, 0.6) is 11.5 Å². The second-order valence-corrected chi connectivity index (χ2v) is 8.95. The molecule has 4 aromatic carbocycles. The number of rotatable bonds is 8. The molecule has 6 heteroatoms. The molecule has 35 heavy (non-hydrogen) atoms. The molecular formula is C29H23IN2O3. The summed E-state index contributed by atoms with van der Waals surface area (Å²) in [5.41, 5.74) is 2.37. The summed E-state index contributed by atoms with van der Waals surface area (Å²) in [6.45, 7) is 2.74. The normalized spacial score (nSPS) is 11.1. The number of nitriles is 1. The lowest BCUT2D eigenvalue weighted by Crippen LogP contribution is -2.13. The van der Waals surface area contributed by atoms with Crippen LogP contribution in [0.2, 0.25) is 0 Å². The highest BCUT2D eigenvalue weighted by Crippen LogP contribution is 2.31. The van der Waals surface area contributed by atoms with Crippen molar-refractivity contribution in [3.8, 4) is 17.6 Å². The number of anilines is 1. The van der Waals surface area contributed by atoms with Gasteiger partial charge in [0.15, 0.2) is 11.5 Å². The van der Waals surface area contributed by atoms with E-state index in [9.17, 15) is 10.1 Å². The molecule has 0 atom stereocenters. The monoisotopic (exact) mass is 574 g/mol. The number of carbonyl (C=O) groups is 1. The molecule has 1 amide bonds. The molecule has 4 rings (SSSR count). The van der Waals surface area contributed by atoms with Crippen molar-refractivity contribution in [3.05, 3.63) is 105 Å². The number of halogens is 1. The number of nitrogens with one attached hydrogen (secondary N) is 1. The van der Waals surface area contributed by atoms with E-state index in [-0.39, 0.29) is 5.57 Å². The molecule has 0 saturated heterocycles. The van der Waals surface area contributed by atoms with Crippen LogP contribution < -0.4 is 14.8 Å². The van der Waals surface area contributed by atoms with E-state index in [0.29, 0.717) is 36.0 Å². The van der Waals surface area contributed by atoms with E-state index < -0.39 is 5.91 Å². The molecule has 0 aliphatic heterocycles. The maximum atomic E-state index is 12.6. The van der Waals surface area contributed by atoms with E-state index in [4.69, 9.17) is 9.47 Å². The van der Waals surface area contributed by atoms with Crippen molar-refractivity contribution in [3.63, 3.8) is 0 Å². The van der Waals surface area contributed by atoms with Crippen molar-refractivity contribution in [2.24, 2.45) is 0 Å². The Balaban J connectivity index is 1.54. The summed E-state index contributed by atoms with van der Waals surface area (Å²) in [5.74, 6) is 0.680. The van der Waals surface area contributed by atoms with Gasteiger partial charge in [-0.2, -0.15) is 5.26 Å². The van der Waals surface area contributed by atoms with Crippen LogP contribution in [0.25, 0.3) is 16.8 Å². The van der Waals surface area contributed by atoms with E-state index in [1.54, 1.807) is 30.3 Å². The third-order valence-corrected chi connectivity index (χ3v) is 5.96. The minimum absolute atomic E-state index is 0.00395. The number of nitrogens with zero attached hydrogens (tertiary/aromatic N) is 1. The zero-order valence-corrected chi connectivity index (χ0v) is 21.3. The zero-order chi connectivity index (χ0) is 24.6. The van der Waals surface area contributed by atoms with Gasteiger partial charge in [0.2, 0.25) is 0 Å². The lowest BCUT2D eigenvalue weighted by molar-refractivity contribution is -0.112. The van der Waals surface area contributed by atoms with Gasteiger partial charge >= 0.3 is 0 Å². The number of hydrogen-bond donors (Lipinski definition) is 1. The fraction of sp³-hybridized carbons (Fsp3) is 0.103. The van der Waals surface area contributed by atoms with Gasteiger partial charge in [0.1, 0.15) is 18.2 Å². The lowest BCUT2D eigenvalue weighted by Gasteiger charge is -2.14. The van der Waals surface area contributed by atoms with Crippen LogP contribution in [-0.2, 0) is 11.4 Å². The first-order valence-corrected chi connectivity index (χ1v) is 12.2. The molecule has 4 aromatic rings. The second kappa shape index (κ2) is 11.5. The summed E-state index contributed by atoms with van der Waals surface area (Å²) in [7, 11) is 0. The highest BCUT2D eigenvalue weighted by atomic mass is 127. The minimum atomic E-state index is -0.469. The zero-order valence-electron chi connectivity index (χ0n) is 19.1. The minimum Gasteiger partial charge on any atom is -0.490 e. The van der Waals surface area contributed by atoms with Crippen LogP contribution >= 0.6 is 22.6 Å². The Hall–Kier alpha value is -3.83. The van der Waals surface area contributed by atoms with Gasteiger partial charge in [-0.25, -0.2) is 0 Å². The molecule has 0 aromatic heterocycles. The van der Waals surface area contributed by atoms with Gasteiger partial charge in [0.25, 0.3) is 5.91 Å². The van der Waals surface area contributed by atoms with E-state index >= 15 is 0 Å². The summed E-state index contributed by atoms with van der Waals surface area (Å²) >= 11 is 2.17. The van der Waals surface area contributed by atoms with Gasteiger partial charge in [-0.15, -0.1) is 0 Å². The Morgan fingerprint density at radius 3 is 2.57 bits per heavy atom. The highest BCUT2D eigenvalue weighted by molar-refractivity contribution is 14.1. The summed E-state index contributed by atoms with van der Waals surface area (Å²) in [6, 6.07) is 29.1. The smallest absolute Gasteiger partial charge is 0.266 e. The van der Waals surface area contributed by atoms with Crippen LogP contribution in [0.15, 0.2) is 90.5 Å². The maximum Gasteiger partial charge on any atom is 0.266 e. The predicted octanol–water partition coefficient (Wildman–Crippen LogP) is 6.97. The van der Waals surface area contributed by atoms with Gasteiger partial charge < -0.3 is 14.8 Å². The first-order chi connectivity index (χ1) is 17.1. The van der Waals surface area contributed by atoms with Gasteiger partial charge in [-0.3, -0.25) is 4.79 Å². The standard InChI is InChI=1S/C29H23IN2O3/c1-2-34-28-16-20(15-23(18-31)29(33)32-25-11-6-10-24(30)17-25)13-14-27(28)35-19-22-9-5-8-21-7-3-4-12-26(21)22/h3-17H,2,19H2,1H3,(H,32,33)/b23-15+. The van der Waals surface area contributed by atoms with Crippen molar-refractivity contribution >= 4 is 51.0 Å². The van der Waals surface area contributed by atoms with Gasteiger partial charge in [-0.05, 0) is 87.8 Å². The SMILES string of the molecule is CCOc1cc(/C=C(\C#N)C(=O)Nc2cccc(I)c2)ccc1OCc1cccc2ccccc12. The van der Waals surface area contributed by atoms with Gasteiger partial charge in [-0.1, -0.05) is 54.6 Å². The largest absolute Gasteiger partial charge is 0.490 e. The second-order valence-electron chi connectivity index (χ2n) is 7.70. The Bertz CT molecular complexity index is 1430. The van der Waals surface area contributed by atoms with Crippen molar-refractivity contribution in [1.29, 1.82) is 5.26 Å². The van der Waals surface area contributed by atoms with Crippen LogP contribution in [0, 0.1) is 14.9 Å². The van der Waals surface area contributed by atoms with Crippen LogP contribution in [-0.4, -0.2) is 12.5 Å². The summed E-state index contributed by atoms with van der Waals surface area (Å²) in [6.07, 6.45) is 1.54. The molecule has 0 fully saturated rings. The Morgan fingerprint density at radius 1 is 0.971 bits per heavy atom. The molecule has 0 aliphatic carbocycles. The molecule has 174 valence electrons. The topological polar surface area (TPSA) is 71.3 Å². The van der Waals surface area contributed by atoms with E-state index in [0.717, 1.165) is 19.9 Å². The number of carbonyl (C=O) groups excluding carboxylic acids is 1. The van der Waals surface area contributed by atoms with Gasteiger partial charge in [0, 0.05) is 9.26 Å². The summed E-state index contributed by atoms with van der Waals surface area (Å²) in [5, 5.41) is 14.6. The lowest BCUT2D eigenvalue weighted by atomic mass is 10.1. The maximum absolute atomic E-state index is 12.6. The molecule has 0 spiro atoms. The Labute approximate surface area is 218 Å². The molecular weight excluding hydrogens is 551 g/mol. The summed E-state index contributed by atoms with van der Waals surface area (Å²) in [4.78, 5) is 12.6. The van der Waals surface area contributed by atoms with E-state index in [1.807, 2.05) is 55.5 Å². The number of hydrogen-bond acceptors (Lipinski definition) is 4. The molecule has 5 nitrogen and oxygen atoms in total. The molecule has 0 heterocycles. The third kappa shape index (κ3) is 6.19. The first-order valence-electron chi connectivity index (χ1n) is 11.1.